The van der Waals surface area contributed by atoms with Gasteiger partial charge in [0.25, 0.3) is 0 Å². The van der Waals surface area contributed by atoms with E-state index in [1.165, 1.54) is 12.8 Å². The van der Waals surface area contributed by atoms with E-state index in [4.69, 9.17) is 0 Å². The molecule has 3 nitrogen and oxygen atoms in total. The van der Waals surface area contributed by atoms with Crippen LogP contribution in [0.25, 0.3) is 0 Å². The second-order valence-corrected chi connectivity index (χ2v) is 3.43. The molecule has 0 aromatic heterocycles. The monoisotopic (exact) mass is 170 g/mol. The largest absolute Gasteiger partial charge is 0.353 e. The van der Waals surface area contributed by atoms with Gasteiger partial charge in [-0.3, -0.25) is 4.79 Å². The molecule has 0 aromatic carbocycles. The fourth-order valence-electron chi connectivity index (χ4n) is 1.39. The first-order chi connectivity index (χ1) is 5.77. The van der Waals surface area contributed by atoms with Crippen molar-refractivity contribution in [2.75, 3.05) is 13.6 Å². The molecule has 2 atom stereocenters. The molecular weight excluding hydrogens is 152 g/mol. The average molecular weight is 170 g/mol. The SMILES string of the molecule is CCC1CC1NC(=O)CCNC. The van der Waals surface area contributed by atoms with E-state index in [0.717, 1.165) is 12.5 Å². The summed E-state index contributed by atoms with van der Waals surface area (Å²) in [5, 5.41) is 5.97. The summed E-state index contributed by atoms with van der Waals surface area (Å²) in [7, 11) is 1.86. The topological polar surface area (TPSA) is 41.1 Å². The minimum atomic E-state index is 0.185. The number of rotatable bonds is 5. The zero-order valence-electron chi connectivity index (χ0n) is 7.89. The Morgan fingerprint density at radius 1 is 1.58 bits per heavy atom. The van der Waals surface area contributed by atoms with Crippen molar-refractivity contribution in [3.8, 4) is 0 Å². The van der Waals surface area contributed by atoms with Crippen molar-refractivity contribution in [2.45, 2.75) is 32.2 Å². The molecular formula is C9H18N2O. The molecule has 0 heterocycles. The van der Waals surface area contributed by atoms with Gasteiger partial charge >= 0.3 is 0 Å². The Morgan fingerprint density at radius 2 is 2.33 bits per heavy atom. The molecule has 1 rings (SSSR count). The van der Waals surface area contributed by atoms with Gasteiger partial charge < -0.3 is 10.6 Å². The van der Waals surface area contributed by atoms with Crippen LogP contribution in [0.2, 0.25) is 0 Å². The number of hydrogen-bond acceptors (Lipinski definition) is 2. The summed E-state index contributed by atoms with van der Waals surface area (Å²) >= 11 is 0. The summed E-state index contributed by atoms with van der Waals surface area (Å²) in [6.07, 6.45) is 2.97. The highest BCUT2D eigenvalue weighted by atomic mass is 16.1. The van der Waals surface area contributed by atoms with E-state index in [0.29, 0.717) is 12.5 Å². The molecule has 0 aromatic rings. The Bertz CT molecular complexity index is 159. The van der Waals surface area contributed by atoms with Crippen molar-refractivity contribution in [1.82, 2.24) is 10.6 Å². The molecule has 3 heteroatoms. The first kappa shape index (κ1) is 9.52. The molecule has 1 saturated carbocycles. The van der Waals surface area contributed by atoms with E-state index in [-0.39, 0.29) is 5.91 Å². The van der Waals surface area contributed by atoms with E-state index in [2.05, 4.69) is 17.6 Å². The summed E-state index contributed by atoms with van der Waals surface area (Å²) in [4.78, 5) is 11.2. The highest BCUT2D eigenvalue weighted by Gasteiger charge is 2.35. The van der Waals surface area contributed by atoms with Gasteiger partial charge in [0.1, 0.15) is 0 Å². The molecule has 0 bridgehead atoms. The third-order valence-electron chi connectivity index (χ3n) is 2.40. The van der Waals surface area contributed by atoms with Gasteiger partial charge in [-0.1, -0.05) is 13.3 Å². The maximum Gasteiger partial charge on any atom is 0.221 e. The van der Waals surface area contributed by atoms with Crippen molar-refractivity contribution in [3.63, 3.8) is 0 Å². The third-order valence-corrected chi connectivity index (χ3v) is 2.40. The van der Waals surface area contributed by atoms with E-state index < -0.39 is 0 Å². The Labute approximate surface area is 73.9 Å². The molecule has 2 N–H and O–H groups in total. The van der Waals surface area contributed by atoms with E-state index in [9.17, 15) is 4.79 Å². The first-order valence-corrected chi connectivity index (χ1v) is 4.72. The minimum absolute atomic E-state index is 0.185. The standard InChI is InChI=1S/C9H18N2O/c1-3-7-6-8(7)11-9(12)4-5-10-2/h7-8,10H,3-6H2,1-2H3,(H,11,12). The Kier molecular flexibility index (Phi) is 3.53. The zero-order chi connectivity index (χ0) is 8.97. The van der Waals surface area contributed by atoms with Crippen molar-refractivity contribution < 1.29 is 4.79 Å². The summed E-state index contributed by atoms with van der Waals surface area (Å²) in [6, 6.07) is 0.486. The van der Waals surface area contributed by atoms with Crippen LogP contribution in [0.5, 0.6) is 0 Å². The van der Waals surface area contributed by atoms with Gasteiger partial charge in [-0.2, -0.15) is 0 Å². The highest BCUT2D eigenvalue weighted by molar-refractivity contribution is 5.76. The quantitative estimate of drug-likeness (QED) is 0.631. The Morgan fingerprint density at radius 3 is 2.83 bits per heavy atom. The van der Waals surface area contributed by atoms with Crippen LogP contribution < -0.4 is 10.6 Å². The summed E-state index contributed by atoms with van der Waals surface area (Å²) in [5.41, 5.74) is 0. The molecule has 2 unspecified atom stereocenters. The summed E-state index contributed by atoms with van der Waals surface area (Å²) in [6.45, 7) is 2.94. The molecule has 0 aliphatic heterocycles. The van der Waals surface area contributed by atoms with Gasteiger partial charge in [0.05, 0.1) is 0 Å². The lowest BCUT2D eigenvalue weighted by molar-refractivity contribution is -0.121. The molecule has 0 spiro atoms. The molecule has 1 aliphatic carbocycles. The number of amides is 1. The Hall–Kier alpha value is -0.570. The van der Waals surface area contributed by atoms with Gasteiger partial charge in [-0.25, -0.2) is 0 Å². The smallest absolute Gasteiger partial charge is 0.221 e. The Balaban J connectivity index is 2.04. The van der Waals surface area contributed by atoms with Crippen LogP contribution in [0.3, 0.4) is 0 Å². The number of hydrogen-bond donors (Lipinski definition) is 2. The number of carbonyl (C=O) groups is 1. The maximum absolute atomic E-state index is 11.2. The van der Waals surface area contributed by atoms with Crippen LogP contribution in [0.4, 0.5) is 0 Å². The van der Waals surface area contributed by atoms with Crippen molar-refractivity contribution >= 4 is 5.91 Å². The van der Waals surface area contributed by atoms with Crippen LogP contribution in [-0.4, -0.2) is 25.5 Å². The molecule has 12 heavy (non-hydrogen) atoms. The normalized spacial score (nSPS) is 26.8. The molecule has 0 saturated heterocycles. The van der Waals surface area contributed by atoms with Crippen LogP contribution in [0.15, 0.2) is 0 Å². The lowest BCUT2D eigenvalue weighted by atomic mass is 10.3. The van der Waals surface area contributed by atoms with Crippen LogP contribution in [0, 0.1) is 5.92 Å². The van der Waals surface area contributed by atoms with E-state index in [1.807, 2.05) is 7.05 Å². The lowest BCUT2D eigenvalue weighted by Crippen LogP contribution is -2.29. The van der Waals surface area contributed by atoms with Crippen molar-refractivity contribution in [1.29, 1.82) is 0 Å². The highest BCUT2D eigenvalue weighted by Crippen LogP contribution is 2.32. The second-order valence-electron chi connectivity index (χ2n) is 3.43. The average Bonchev–Trinajstić information content (AvgIpc) is 2.80. The molecule has 70 valence electrons. The van der Waals surface area contributed by atoms with Gasteiger partial charge in [0.15, 0.2) is 0 Å². The van der Waals surface area contributed by atoms with Gasteiger partial charge in [-0.15, -0.1) is 0 Å². The van der Waals surface area contributed by atoms with Gasteiger partial charge in [-0.05, 0) is 19.4 Å². The van der Waals surface area contributed by atoms with Gasteiger partial charge in [0, 0.05) is 19.0 Å². The van der Waals surface area contributed by atoms with Crippen molar-refractivity contribution in [2.24, 2.45) is 5.92 Å². The molecule has 1 aliphatic rings. The number of carbonyl (C=O) groups excluding carboxylic acids is 1. The fraction of sp³-hybridized carbons (Fsp3) is 0.889. The summed E-state index contributed by atoms with van der Waals surface area (Å²) in [5.74, 6) is 0.939. The van der Waals surface area contributed by atoms with Crippen LogP contribution >= 0.6 is 0 Å². The molecule has 1 fully saturated rings. The van der Waals surface area contributed by atoms with E-state index >= 15 is 0 Å². The predicted octanol–water partition coefficient (Wildman–Crippen LogP) is 0.511. The van der Waals surface area contributed by atoms with Crippen molar-refractivity contribution in [3.05, 3.63) is 0 Å². The zero-order valence-corrected chi connectivity index (χ0v) is 7.89. The number of nitrogens with one attached hydrogen (secondary N) is 2. The molecule has 0 radical (unpaired) electrons. The summed E-state index contributed by atoms with van der Waals surface area (Å²) < 4.78 is 0. The third kappa shape index (κ3) is 2.81. The lowest BCUT2D eigenvalue weighted by Gasteiger charge is -2.02. The fourth-order valence-corrected chi connectivity index (χ4v) is 1.39. The van der Waals surface area contributed by atoms with E-state index in [1.54, 1.807) is 0 Å². The van der Waals surface area contributed by atoms with Gasteiger partial charge in [0.2, 0.25) is 5.91 Å². The molecule has 1 amide bonds. The maximum atomic E-state index is 11.2. The van der Waals surface area contributed by atoms with Crippen LogP contribution in [0.1, 0.15) is 26.2 Å². The predicted molar refractivity (Wildman–Crippen MR) is 48.9 cm³/mol. The van der Waals surface area contributed by atoms with Crippen LogP contribution in [-0.2, 0) is 4.79 Å². The second kappa shape index (κ2) is 4.45. The minimum Gasteiger partial charge on any atom is -0.353 e. The first-order valence-electron chi connectivity index (χ1n) is 4.72.